The highest BCUT2D eigenvalue weighted by atomic mass is 32.1. The van der Waals surface area contributed by atoms with Crippen LogP contribution in [0.1, 0.15) is 12.5 Å². The van der Waals surface area contributed by atoms with Gasteiger partial charge in [0.15, 0.2) is 0 Å². The highest BCUT2D eigenvalue weighted by molar-refractivity contribution is 7.80. The standard InChI is InChI=1S/C12H15NO4S/c1-8(14)17-11-5-3-2-4-9(11)6-13-10(7-18)12(15)16/h2-5,10,13,18H,6-7H2,1H3,(H,15,16)/t10-/m0/s1. The first-order valence-corrected chi connectivity index (χ1v) is 6.01. The molecule has 0 heterocycles. The molecule has 1 atom stereocenters. The van der Waals surface area contributed by atoms with Crippen molar-refractivity contribution in [1.29, 1.82) is 0 Å². The fourth-order valence-electron chi connectivity index (χ4n) is 1.37. The number of hydrogen-bond acceptors (Lipinski definition) is 5. The summed E-state index contributed by atoms with van der Waals surface area (Å²) in [6.07, 6.45) is 0. The number of aliphatic carboxylic acids is 1. The zero-order valence-electron chi connectivity index (χ0n) is 9.92. The molecule has 0 aliphatic heterocycles. The summed E-state index contributed by atoms with van der Waals surface area (Å²) < 4.78 is 5.03. The number of thiol groups is 1. The largest absolute Gasteiger partial charge is 0.480 e. The molecule has 0 unspecified atom stereocenters. The Morgan fingerprint density at radius 2 is 2.11 bits per heavy atom. The summed E-state index contributed by atoms with van der Waals surface area (Å²) in [6.45, 7) is 1.61. The van der Waals surface area contributed by atoms with Gasteiger partial charge in [-0.2, -0.15) is 12.6 Å². The van der Waals surface area contributed by atoms with Gasteiger partial charge in [0.05, 0.1) is 0 Å². The Balaban J connectivity index is 2.71. The quantitative estimate of drug-likeness (QED) is 0.409. The number of carbonyl (C=O) groups is 2. The van der Waals surface area contributed by atoms with E-state index in [2.05, 4.69) is 17.9 Å². The Morgan fingerprint density at radius 1 is 1.44 bits per heavy atom. The van der Waals surface area contributed by atoms with Gasteiger partial charge in [-0.3, -0.25) is 14.9 Å². The highest BCUT2D eigenvalue weighted by Gasteiger charge is 2.15. The number of para-hydroxylation sites is 1. The van der Waals surface area contributed by atoms with E-state index < -0.39 is 18.0 Å². The second-order valence-electron chi connectivity index (χ2n) is 3.66. The number of esters is 1. The van der Waals surface area contributed by atoms with Crippen molar-refractivity contribution in [2.24, 2.45) is 0 Å². The molecule has 1 aromatic rings. The molecule has 0 aliphatic rings. The molecule has 0 aromatic heterocycles. The summed E-state index contributed by atoms with van der Waals surface area (Å²) in [5.41, 5.74) is 0.723. The van der Waals surface area contributed by atoms with Crippen LogP contribution in [0.25, 0.3) is 0 Å². The van der Waals surface area contributed by atoms with Crippen LogP contribution in [0.15, 0.2) is 24.3 Å². The lowest BCUT2D eigenvalue weighted by Gasteiger charge is -2.13. The van der Waals surface area contributed by atoms with Crippen LogP contribution < -0.4 is 10.1 Å². The summed E-state index contributed by atoms with van der Waals surface area (Å²) in [7, 11) is 0. The first-order chi connectivity index (χ1) is 8.54. The van der Waals surface area contributed by atoms with Crippen molar-refractivity contribution < 1.29 is 19.4 Å². The van der Waals surface area contributed by atoms with Gasteiger partial charge in [0.2, 0.25) is 0 Å². The molecule has 0 fully saturated rings. The maximum Gasteiger partial charge on any atom is 0.321 e. The smallest absolute Gasteiger partial charge is 0.321 e. The van der Waals surface area contributed by atoms with Crippen LogP contribution in [0, 0.1) is 0 Å². The fraction of sp³-hybridized carbons (Fsp3) is 0.333. The third-order valence-electron chi connectivity index (χ3n) is 2.25. The maximum atomic E-state index is 10.9. The van der Waals surface area contributed by atoms with E-state index in [1.807, 2.05) is 0 Å². The summed E-state index contributed by atoms with van der Waals surface area (Å²) in [5, 5.41) is 11.7. The molecule has 5 nitrogen and oxygen atoms in total. The number of carboxylic acids is 1. The van der Waals surface area contributed by atoms with E-state index in [1.54, 1.807) is 24.3 Å². The number of hydrogen-bond donors (Lipinski definition) is 3. The molecular formula is C12H15NO4S. The third kappa shape index (κ3) is 4.38. The van der Waals surface area contributed by atoms with Crippen molar-refractivity contribution in [2.45, 2.75) is 19.5 Å². The van der Waals surface area contributed by atoms with Gasteiger partial charge in [0, 0.05) is 24.8 Å². The summed E-state index contributed by atoms with van der Waals surface area (Å²) in [5.74, 6) is -0.757. The number of ether oxygens (including phenoxy) is 1. The molecule has 2 N–H and O–H groups in total. The zero-order chi connectivity index (χ0) is 13.5. The summed E-state index contributed by atoms with van der Waals surface area (Å²) in [4.78, 5) is 21.7. The first-order valence-electron chi connectivity index (χ1n) is 5.38. The van der Waals surface area contributed by atoms with Crippen molar-refractivity contribution in [1.82, 2.24) is 5.32 Å². The number of nitrogens with one attached hydrogen (secondary N) is 1. The SMILES string of the molecule is CC(=O)Oc1ccccc1CN[C@@H](CS)C(=O)O. The topological polar surface area (TPSA) is 75.6 Å². The molecule has 0 aliphatic carbocycles. The van der Waals surface area contributed by atoms with Gasteiger partial charge < -0.3 is 9.84 Å². The minimum absolute atomic E-state index is 0.186. The van der Waals surface area contributed by atoms with E-state index in [0.29, 0.717) is 12.3 Å². The van der Waals surface area contributed by atoms with Crippen LogP contribution in [0.4, 0.5) is 0 Å². The predicted molar refractivity (Wildman–Crippen MR) is 69.9 cm³/mol. The van der Waals surface area contributed by atoms with Crippen LogP contribution in [-0.4, -0.2) is 28.8 Å². The van der Waals surface area contributed by atoms with Crippen LogP contribution in [0.3, 0.4) is 0 Å². The minimum Gasteiger partial charge on any atom is -0.480 e. The lowest BCUT2D eigenvalue weighted by molar-refractivity contribution is -0.139. The molecule has 98 valence electrons. The van der Waals surface area contributed by atoms with Crippen LogP contribution >= 0.6 is 12.6 Å². The van der Waals surface area contributed by atoms with Crippen molar-refractivity contribution in [3.05, 3.63) is 29.8 Å². The van der Waals surface area contributed by atoms with Gasteiger partial charge in [-0.05, 0) is 6.07 Å². The lowest BCUT2D eigenvalue weighted by atomic mass is 10.2. The molecule has 0 bridgehead atoms. The van der Waals surface area contributed by atoms with E-state index >= 15 is 0 Å². The number of rotatable bonds is 6. The Kier molecular flexibility index (Phi) is 5.67. The molecule has 0 saturated carbocycles. The molecule has 18 heavy (non-hydrogen) atoms. The third-order valence-corrected chi connectivity index (χ3v) is 2.61. The minimum atomic E-state index is -0.963. The average molecular weight is 269 g/mol. The summed E-state index contributed by atoms with van der Waals surface area (Å²) in [6, 6.07) is 6.23. The average Bonchev–Trinajstić information content (AvgIpc) is 2.30. The summed E-state index contributed by atoms with van der Waals surface area (Å²) >= 11 is 3.95. The van der Waals surface area contributed by atoms with Gasteiger partial charge in [-0.1, -0.05) is 18.2 Å². The molecule has 1 rings (SSSR count). The van der Waals surface area contributed by atoms with Crippen molar-refractivity contribution in [3.8, 4) is 5.75 Å². The fourth-order valence-corrected chi connectivity index (χ4v) is 1.65. The molecule has 1 aromatic carbocycles. The van der Waals surface area contributed by atoms with Gasteiger partial charge in [0.1, 0.15) is 11.8 Å². The zero-order valence-corrected chi connectivity index (χ0v) is 10.8. The molecule has 0 radical (unpaired) electrons. The van der Waals surface area contributed by atoms with Crippen LogP contribution in [0.2, 0.25) is 0 Å². The Morgan fingerprint density at radius 3 is 2.67 bits per heavy atom. The van der Waals surface area contributed by atoms with E-state index in [9.17, 15) is 9.59 Å². The molecule has 0 amide bonds. The Hall–Kier alpha value is -1.53. The number of benzene rings is 1. The number of carbonyl (C=O) groups excluding carboxylic acids is 1. The Bertz CT molecular complexity index is 436. The van der Waals surface area contributed by atoms with E-state index in [4.69, 9.17) is 9.84 Å². The monoisotopic (exact) mass is 269 g/mol. The second-order valence-corrected chi connectivity index (χ2v) is 4.02. The van der Waals surface area contributed by atoms with Gasteiger partial charge in [0.25, 0.3) is 0 Å². The molecular weight excluding hydrogens is 254 g/mol. The van der Waals surface area contributed by atoms with E-state index in [0.717, 1.165) is 5.56 Å². The van der Waals surface area contributed by atoms with Crippen LogP contribution in [0.5, 0.6) is 5.75 Å². The van der Waals surface area contributed by atoms with E-state index in [-0.39, 0.29) is 5.75 Å². The first kappa shape index (κ1) is 14.5. The Labute approximate surface area is 111 Å². The maximum absolute atomic E-state index is 10.9. The highest BCUT2D eigenvalue weighted by Crippen LogP contribution is 2.18. The van der Waals surface area contributed by atoms with Gasteiger partial charge in [-0.15, -0.1) is 0 Å². The van der Waals surface area contributed by atoms with Crippen molar-refractivity contribution >= 4 is 24.6 Å². The van der Waals surface area contributed by atoms with Gasteiger partial charge >= 0.3 is 11.9 Å². The molecule has 0 spiro atoms. The van der Waals surface area contributed by atoms with E-state index in [1.165, 1.54) is 6.92 Å². The predicted octanol–water partition coefficient (Wildman–Crippen LogP) is 1.08. The normalized spacial score (nSPS) is 11.9. The molecule has 0 saturated heterocycles. The molecule has 6 heteroatoms. The van der Waals surface area contributed by atoms with Gasteiger partial charge in [-0.25, -0.2) is 0 Å². The lowest BCUT2D eigenvalue weighted by Crippen LogP contribution is -2.37. The second kappa shape index (κ2) is 7.03. The van der Waals surface area contributed by atoms with Crippen LogP contribution in [-0.2, 0) is 16.1 Å². The van der Waals surface area contributed by atoms with Crippen molar-refractivity contribution in [3.63, 3.8) is 0 Å². The number of carboxylic acid groups (broad SMARTS) is 1. The van der Waals surface area contributed by atoms with Crippen molar-refractivity contribution in [2.75, 3.05) is 5.75 Å².